The SMILES string of the molecule is [B]c1cncc(-c2ccc(O)cc2C)c1. The van der Waals surface area contributed by atoms with Crippen LogP contribution in [0.4, 0.5) is 0 Å². The predicted octanol–water partition coefficient (Wildman–Crippen LogP) is 1.56. The van der Waals surface area contributed by atoms with Crippen molar-refractivity contribution < 1.29 is 5.11 Å². The molecule has 0 unspecified atom stereocenters. The molecule has 15 heavy (non-hydrogen) atoms. The Kier molecular flexibility index (Phi) is 2.46. The smallest absolute Gasteiger partial charge is 0.115 e. The van der Waals surface area contributed by atoms with E-state index in [0.29, 0.717) is 5.46 Å². The van der Waals surface area contributed by atoms with Crippen LogP contribution in [0.5, 0.6) is 5.75 Å². The van der Waals surface area contributed by atoms with Crippen molar-refractivity contribution in [1.29, 1.82) is 0 Å². The molecule has 0 fully saturated rings. The molecule has 72 valence electrons. The highest BCUT2D eigenvalue weighted by atomic mass is 16.3. The number of rotatable bonds is 1. The van der Waals surface area contributed by atoms with Crippen molar-refractivity contribution in [1.82, 2.24) is 4.98 Å². The van der Waals surface area contributed by atoms with Gasteiger partial charge in [0.15, 0.2) is 0 Å². The number of nitrogens with zero attached hydrogens (tertiary/aromatic N) is 1. The quantitative estimate of drug-likeness (QED) is 0.700. The van der Waals surface area contributed by atoms with Gasteiger partial charge >= 0.3 is 0 Å². The van der Waals surface area contributed by atoms with Gasteiger partial charge in [-0.2, -0.15) is 0 Å². The summed E-state index contributed by atoms with van der Waals surface area (Å²) in [5, 5.41) is 9.30. The second-order valence-corrected chi connectivity index (χ2v) is 3.51. The lowest BCUT2D eigenvalue weighted by Gasteiger charge is -2.06. The maximum Gasteiger partial charge on any atom is 0.115 e. The van der Waals surface area contributed by atoms with Crippen LogP contribution in [0.2, 0.25) is 0 Å². The third-order valence-electron chi connectivity index (χ3n) is 2.28. The van der Waals surface area contributed by atoms with E-state index in [1.807, 2.05) is 19.1 Å². The second-order valence-electron chi connectivity index (χ2n) is 3.51. The molecule has 2 aromatic rings. The fraction of sp³-hybridized carbons (Fsp3) is 0.0833. The number of phenols is 1. The summed E-state index contributed by atoms with van der Waals surface area (Å²) in [5.41, 5.74) is 3.64. The van der Waals surface area contributed by atoms with Crippen LogP contribution >= 0.6 is 0 Å². The molecule has 1 aromatic carbocycles. The van der Waals surface area contributed by atoms with E-state index in [1.54, 1.807) is 24.5 Å². The molecular weight excluding hydrogens is 185 g/mol. The minimum Gasteiger partial charge on any atom is -0.508 e. The van der Waals surface area contributed by atoms with Crippen molar-refractivity contribution >= 4 is 13.3 Å². The zero-order chi connectivity index (χ0) is 10.8. The fourth-order valence-electron chi connectivity index (χ4n) is 1.58. The van der Waals surface area contributed by atoms with E-state index in [0.717, 1.165) is 16.7 Å². The lowest BCUT2D eigenvalue weighted by molar-refractivity contribution is 0.475. The van der Waals surface area contributed by atoms with Crippen LogP contribution < -0.4 is 5.46 Å². The Morgan fingerprint density at radius 2 is 2.00 bits per heavy atom. The minimum absolute atomic E-state index is 0.271. The molecule has 3 heteroatoms. The highest BCUT2D eigenvalue weighted by molar-refractivity contribution is 6.32. The van der Waals surface area contributed by atoms with E-state index < -0.39 is 0 Å². The molecule has 0 spiro atoms. The topological polar surface area (TPSA) is 33.1 Å². The van der Waals surface area contributed by atoms with E-state index in [-0.39, 0.29) is 5.75 Å². The first-order chi connectivity index (χ1) is 7.16. The van der Waals surface area contributed by atoms with Crippen LogP contribution in [0.1, 0.15) is 5.56 Å². The van der Waals surface area contributed by atoms with Gasteiger partial charge in [-0.1, -0.05) is 17.6 Å². The molecule has 0 bridgehead atoms. The van der Waals surface area contributed by atoms with Gasteiger partial charge < -0.3 is 5.11 Å². The number of aryl methyl sites for hydroxylation is 1. The Hall–Kier alpha value is -1.77. The molecule has 0 aliphatic carbocycles. The van der Waals surface area contributed by atoms with Crippen LogP contribution in [-0.4, -0.2) is 17.9 Å². The lowest BCUT2D eigenvalue weighted by atomic mass is 9.94. The van der Waals surface area contributed by atoms with Gasteiger partial charge in [0, 0.05) is 12.4 Å². The highest BCUT2D eigenvalue weighted by Gasteiger charge is 2.02. The van der Waals surface area contributed by atoms with Crippen molar-refractivity contribution in [3.63, 3.8) is 0 Å². The number of hydrogen-bond donors (Lipinski definition) is 1. The Labute approximate surface area is 90.0 Å². The van der Waals surface area contributed by atoms with E-state index in [9.17, 15) is 5.11 Å². The van der Waals surface area contributed by atoms with E-state index in [1.165, 1.54) is 0 Å². The van der Waals surface area contributed by atoms with Gasteiger partial charge in [-0.25, -0.2) is 0 Å². The van der Waals surface area contributed by atoms with Crippen molar-refractivity contribution in [2.45, 2.75) is 6.92 Å². The predicted molar refractivity (Wildman–Crippen MR) is 61.5 cm³/mol. The van der Waals surface area contributed by atoms with Gasteiger partial charge in [-0.05, 0) is 35.7 Å². The summed E-state index contributed by atoms with van der Waals surface area (Å²) in [6, 6.07) is 7.11. The van der Waals surface area contributed by atoms with Gasteiger partial charge in [0.25, 0.3) is 0 Å². The highest BCUT2D eigenvalue weighted by Crippen LogP contribution is 2.24. The summed E-state index contributed by atoms with van der Waals surface area (Å²) >= 11 is 0. The standard InChI is InChI=1S/C12H10BNO/c1-8-4-11(15)2-3-12(8)9-5-10(13)7-14-6-9/h2-7,15H,1H3. The van der Waals surface area contributed by atoms with Gasteiger partial charge in [0.1, 0.15) is 13.6 Å². The summed E-state index contributed by atoms with van der Waals surface area (Å²) in [7, 11) is 5.66. The maximum atomic E-state index is 9.30. The lowest BCUT2D eigenvalue weighted by Crippen LogP contribution is -2.02. The van der Waals surface area contributed by atoms with Crippen LogP contribution in [0.25, 0.3) is 11.1 Å². The van der Waals surface area contributed by atoms with Crippen LogP contribution in [0, 0.1) is 6.92 Å². The number of aromatic nitrogens is 1. The van der Waals surface area contributed by atoms with Crippen molar-refractivity contribution in [3.8, 4) is 16.9 Å². The molecule has 0 saturated heterocycles. The zero-order valence-electron chi connectivity index (χ0n) is 8.44. The van der Waals surface area contributed by atoms with Gasteiger partial charge in [0.05, 0.1) is 0 Å². The molecule has 2 nitrogen and oxygen atoms in total. The Balaban J connectivity index is 2.54. The Morgan fingerprint density at radius 3 is 2.67 bits per heavy atom. The third kappa shape index (κ3) is 2.01. The fourth-order valence-corrected chi connectivity index (χ4v) is 1.58. The summed E-state index contributed by atoms with van der Waals surface area (Å²) in [4.78, 5) is 4.04. The molecule has 0 aliphatic rings. The third-order valence-corrected chi connectivity index (χ3v) is 2.28. The van der Waals surface area contributed by atoms with Crippen molar-refractivity contribution in [2.24, 2.45) is 0 Å². The number of phenolic OH excluding ortho intramolecular Hbond substituents is 1. The van der Waals surface area contributed by atoms with Crippen molar-refractivity contribution in [3.05, 3.63) is 42.2 Å². The van der Waals surface area contributed by atoms with Gasteiger partial charge in [-0.15, -0.1) is 0 Å². The molecule has 0 saturated carbocycles. The normalized spacial score (nSPS) is 10.2. The van der Waals surface area contributed by atoms with Crippen LogP contribution in [0.3, 0.4) is 0 Å². The van der Waals surface area contributed by atoms with E-state index in [2.05, 4.69) is 4.98 Å². The number of pyridine rings is 1. The first-order valence-corrected chi connectivity index (χ1v) is 4.67. The molecule has 1 heterocycles. The zero-order valence-corrected chi connectivity index (χ0v) is 8.44. The van der Waals surface area contributed by atoms with Gasteiger partial charge in [0.2, 0.25) is 0 Å². The Morgan fingerprint density at radius 1 is 1.20 bits per heavy atom. The first-order valence-electron chi connectivity index (χ1n) is 4.67. The van der Waals surface area contributed by atoms with Gasteiger partial charge in [-0.3, -0.25) is 4.98 Å². The Bertz CT molecular complexity index is 497. The molecule has 0 atom stereocenters. The van der Waals surface area contributed by atoms with E-state index in [4.69, 9.17) is 7.85 Å². The summed E-state index contributed by atoms with van der Waals surface area (Å²) in [5.74, 6) is 0.271. The monoisotopic (exact) mass is 195 g/mol. The average molecular weight is 195 g/mol. The summed E-state index contributed by atoms with van der Waals surface area (Å²) < 4.78 is 0. The number of benzene rings is 1. The number of hydrogen-bond acceptors (Lipinski definition) is 2. The van der Waals surface area contributed by atoms with Crippen molar-refractivity contribution in [2.75, 3.05) is 0 Å². The summed E-state index contributed by atoms with van der Waals surface area (Å²) in [6.07, 6.45) is 3.37. The summed E-state index contributed by atoms with van der Waals surface area (Å²) in [6.45, 7) is 1.94. The molecule has 0 amide bonds. The van der Waals surface area contributed by atoms with Crippen LogP contribution in [-0.2, 0) is 0 Å². The molecule has 2 radical (unpaired) electrons. The molecule has 1 N–H and O–H groups in total. The molecule has 1 aromatic heterocycles. The van der Waals surface area contributed by atoms with Crippen LogP contribution in [0.15, 0.2) is 36.7 Å². The molecule has 2 rings (SSSR count). The second kappa shape index (κ2) is 3.77. The minimum atomic E-state index is 0.271. The largest absolute Gasteiger partial charge is 0.508 e. The first kappa shape index (κ1) is 9.78. The molecule has 0 aliphatic heterocycles. The molecular formula is C12H10BNO. The van der Waals surface area contributed by atoms with E-state index >= 15 is 0 Å². The number of aromatic hydroxyl groups is 1. The average Bonchev–Trinajstić information content (AvgIpc) is 2.17. The maximum absolute atomic E-state index is 9.30.